The van der Waals surface area contributed by atoms with Gasteiger partial charge < -0.3 is 4.90 Å². The Labute approximate surface area is 341 Å². The first-order valence-electron chi connectivity index (χ1n) is 22.9. The fourth-order valence-electron chi connectivity index (χ4n) is 8.32. The maximum atomic E-state index is 9.78. The lowest BCUT2D eigenvalue weighted by atomic mass is 9.79. The molecule has 1 nitrogen and oxygen atoms in total. The summed E-state index contributed by atoms with van der Waals surface area (Å²) in [6.07, 6.45) is 0. The minimum Gasteiger partial charge on any atom is -0.310 e. The molecule has 0 fully saturated rings. The summed E-state index contributed by atoms with van der Waals surface area (Å²) in [6.45, 7) is 4.22. The predicted molar refractivity (Wildman–Crippen MR) is 238 cm³/mol. The van der Waals surface area contributed by atoms with E-state index in [9.17, 15) is 11.0 Å². The number of benzene rings is 9. The Kier molecular flexibility index (Phi) is 6.36. The van der Waals surface area contributed by atoms with Crippen LogP contribution in [0.4, 0.5) is 17.1 Å². The van der Waals surface area contributed by atoms with Crippen LogP contribution in [0.2, 0.25) is 0 Å². The Balaban J connectivity index is 1.22. The summed E-state index contributed by atoms with van der Waals surface area (Å²) in [4.78, 5) is 1.39. The summed E-state index contributed by atoms with van der Waals surface area (Å²) in [5.41, 5.74) is 8.34. The molecular weight excluding hydrogens is 675 g/mol. The number of nitrogens with zero attached hydrogens (tertiary/aromatic N) is 1. The molecule has 1 aliphatic rings. The average Bonchev–Trinajstić information content (AvgIpc) is 3.56. The van der Waals surface area contributed by atoms with Gasteiger partial charge in [0.15, 0.2) is 0 Å². The second-order valence-electron chi connectivity index (χ2n) is 14.7. The molecule has 9 aromatic rings. The monoisotopic (exact) mass is 723 g/mol. The second kappa shape index (κ2) is 13.7. The first kappa shape index (κ1) is 26.0. The first-order valence-corrected chi connectivity index (χ1v) is 18.9. The van der Waals surface area contributed by atoms with Crippen LogP contribution in [-0.2, 0) is 5.41 Å². The van der Waals surface area contributed by atoms with Crippen LogP contribution in [0, 0.1) is 0 Å². The van der Waals surface area contributed by atoms with Gasteiger partial charge in [0.2, 0.25) is 0 Å². The lowest BCUT2D eigenvalue weighted by Gasteiger charge is -2.27. The third-order valence-corrected chi connectivity index (χ3v) is 11.0. The van der Waals surface area contributed by atoms with Crippen LogP contribution in [0.15, 0.2) is 212 Å². The number of fused-ring (bicyclic) bond motifs is 4. The summed E-state index contributed by atoms with van der Waals surface area (Å²) >= 11 is 0. The van der Waals surface area contributed by atoms with Crippen molar-refractivity contribution in [3.8, 4) is 55.6 Å². The summed E-state index contributed by atoms with van der Waals surface area (Å²) in [7, 11) is 0. The van der Waals surface area contributed by atoms with Gasteiger partial charge in [0.1, 0.15) is 0 Å². The van der Waals surface area contributed by atoms with Crippen LogP contribution in [0.25, 0.3) is 66.4 Å². The highest BCUT2D eigenvalue weighted by Gasteiger charge is 2.37. The predicted octanol–water partition coefficient (Wildman–Crippen LogP) is 15.3. The first-order chi connectivity index (χ1) is 30.9. The molecule has 1 aliphatic carbocycles. The molecule has 0 N–H and O–H groups in total. The Morgan fingerprint density at radius 3 is 1.71 bits per heavy atom. The molecule has 0 atom stereocenters. The topological polar surface area (TPSA) is 3.24 Å². The molecule has 1 heteroatoms. The van der Waals surface area contributed by atoms with E-state index < -0.39 is 17.5 Å². The lowest BCUT2D eigenvalue weighted by molar-refractivity contribution is 0.662. The van der Waals surface area contributed by atoms with Crippen molar-refractivity contribution in [1.82, 2.24) is 0 Å². The van der Waals surface area contributed by atoms with Crippen LogP contribution in [-0.4, -0.2) is 0 Å². The molecule has 0 saturated carbocycles. The molecule has 266 valence electrons. The molecule has 0 aliphatic heterocycles. The molecular formula is C55H41N. The van der Waals surface area contributed by atoms with E-state index in [1.807, 2.05) is 140 Å². The van der Waals surface area contributed by atoms with Crippen molar-refractivity contribution in [2.45, 2.75) is 19.3 Å². The van der Waals surface area contributed by atoms with Gasteiger partial charge in [-0.25, -0.2) is 0 Å². The van der Waals surface area contributed by atoms with Gasteiger partial charge in [0.25, 0.3) is 0 Å². The van der Waals surface area contributed by atoms with Gasteiger partial charge in [-0.1, -0.05) is 184 Å². The Hall–Kier alpha value is -6.96. The molecule has 0 unspecified atom stereocenters. The minimum absolute atomic E-state index is 0.109. The number of anilines is 3. The minimum atomic E-state index is -0.504. The molecule has 0 heterocycles. The summed E-state index contributed by atoms with van der Waals surface area (Å²) in [5, 5.41) is 2.02. The van der Waals surface area contributed by atoms with E-state index in [1.54, 1.807) is 12.1 Å². The number of hydrogen-bond acceptors (Lipinski definition) is 1. The van der Waals surface area contributed by atoms with Gasteiger partial charge in [-0.15, -0.1) is 0 Å². The van der Waals surface area contributed by atoms with Crippen molar-refractivity contribution in [3.05, 3.63) is 223 Å². The maximum Gasteiger partial charge on any atom is 0.0645 e. The Bertz CT molecular complexity index is 3300. The van der Waals surface area contributed by atoms with E-state index in [0.29, 0.717) is 16.8 Å². The van der Waals surface area contributed by atoms with Crippen molar-refractivity contribution in [2.75, 3.05) is 4.90 Å². The Morgan fingerprint density at radius 1 is 0.375 bits per heavy atom. The Morgan fingerprint density at radius 2 is 0.911 bits per heavy atom. The zero-order valence-electron chi connectivity index (χ0n) is 39.0. The molecule has 0 bridgehead atoms. The zero-order valence-corrected chi connectivity index (χ0v) is 31.0. The van der Waals surface area contributed by atoms with Gasteiger partial charge in [0, 0.05) is 22.5 Å². The van der Waals surface area contributed by atoms with Crippen molar-refractivity contribution in [3.63, 3.8) is 0 Å². The fraction of sp³-hybridized carbons (Fsp3) is 0.0545. The summed E-state index contributed by atoms with van der Waals surface area (Å²) < 4.78 is 77.3. The molecule has 0 spiro atoms. The fourth-order valence-corrected chi connectivity index (χ4v) is 8.32. The molecule has 9 aromatic carbocycles. The van der Waals surface area contributed by atoms with Crippen LogP contribution < -0.4 is 4.90 Å². The lowest BCUT2D eigenvalue weighted by Crippen LogP contribution is -2.16. The van der Waals surface area contributed by atoms with Crippen molar-refractivity contribution in [2.24, 2.45) is 0 Å². The molecule has 10 rings (SSSR count). The van der Waals surface area contributed by atoms with Crippen molar-refractivity contribution in [1.29, 1.82) is 0 Å². The molecule has 0 saturated heterocycles. The molecule has 56 heavy (non-hydrogen) atoms. The highest BCUT2D eigenvalue weighted by molar-refractivity contribution is 5.97. The van der Waals surface area contributed by atoms with Crippen LogP contribution in [0.1, 0.15) is 35.9 Å². The highest BCUT2D eigenvalue weighted by Crippen LogP contribution is 2.52. The van der Waals surface area contributed by atoms with E-state index in [-0.39, 0.29) is 58.8 Å². The smallest absolute Gasteiger partial charge is 0.0645 e. The van der Waals surface area contributed by atoms with E-state index in [0.717, 1.165) is 55.3 Å². The summed E-state index contributed by atoms with van der Waals surface area (Å²) in [6, 6.07) is 49.7. The quantitative estimate of drug-likeness (QED) is 0.158. The molecule has 0 radical (unpaired) electrons. The maximum absolute atomic E-state index is 9.78. The normalized spacial score (nSPS) is 14.6. The van der Waals surface area contributed by atoms with Crippen LogP contribution >= 0.6 is 0 Å². The zero-order chi connectivity index (χ0) is 44.6. The second-order valence-corrected chi connectivity index (χ2v) is 14.7. The van der Waals surface area contributed by atoms with E-state index in [2.05, 4.69) is 26.0 Å². The third-order valence-electron chi connectivity index (χ3n) is 11.0. The largest absolute Gasteiger partial charge is 0.310 e. The number of hydrogen-bond donors (Lipinski definition) is 0. The van der Waals surface area contributed by atoms with Gasteiger partial charge in [-0.3, -0.25) is 0 Å². The average molecular weight is 724 g/mol. The van der Waals surface area contributed by atoms with Gasteiger partial charge in [0.05, 0.1) is 11.0 Å². The van der Waals surface area contributed by atoms with E-state index in [4.69, 9.17) is 0 Å². The third kappa shape index (κ3) is 5.81. The summed E-state index contributed by atoms with van der Waals surface area (Å²) in [5.74, 6) is 0. The van der Waals surface area contributed by atoms with Gasteiger partial charge in [-0.2, -0.15) is 0 Å². The van der Waals surface area contributed by atoms with Gasteiger partial charge >= 0.3 is 0 Å². The van der Waals surface area contributed by atoms with Crippen molar-refractivity contribution < 1.29 is 11.0 Å². The van der Waals surface area contributed by atoms with Crippen LogP contribution in [0.5, 0.6) is 0 Å². The number of rotatable bonds is 7. The van der Waals surface area contributed by atoms with Crippen molar-refractivity contribution >= 4 is 27.8 Å². The highest BCUT2D eigenvalue weighted by atomic mass is 15.1. The molecule has 0 aromatic heterocycles. The SMILES string of the molecule is [2H]c1c([2H])c(N(c2cccc(-c3cccc4ccccc34)c2)c2c([2H])c([2H])c(-c3cccc4c3C(C)(C)c3ccccc3-4)c([2H])c2[2H])c([2H])c([2H])c1-c1cccc(-c2ccccc2)c1. The van der Waals surface area contributed by atoms with E-state index in [1.165, 1.54) is 4.90 Å². The standard InChI is InChI=1S/C55H41N/c1-55(2)53-27-9-8-23-51(53)52-26-13-25-50(54(52)55)41-30-34-46(35-31-41)56(47-21-11-20-44(37-47)49-24-12-17-40-16-6-7-22-48(40)49)45-32-28-39(29-33-45)43-19-10-18-42(36-43)38-14-4-3-5-15-38/h3-37H,1-2H3/i28D,29D,30D,31D,32D,33D,34D,35D. The van der Waals surface area contributed by atoms with Crippen LogP contribution in [0.3, 0.4) is 0 Å². The van der Waals surface area contributed by atoms with E-state index >= 15 is 0 Å². The molecule has 0 amide bonds. The van der Waals surface area contributed by atoms with Gasteiger partial charge in [-0.05, 0) is 120 Å².